The Bertz CT molecular complexity index is 447. The smallest absolute Gasteiger partial charge is 0.0802 e. The van der Waals surface area contributed by atoms with Crippen LogP contribution in [0.25, 0.3) is 10.1 Å². The first-order chi connectivity index (χ1) is 6.24. The van der Waals surface area contributed by atoms with Crippen LogP contribution in [0.4, 0.5) is 0 Å². The van der Waals surface area contributed by atoms with Crippen LogP contribution in [0.3, 0.4) is 0 Å². The van der Waals surface area contributed by atoms with Crippen molar-refractivity contribution in [2.45, 2.75) is 9.79 Å². The Hall–Kier alpha value is 0.610. The lowest BCUT2D eigenvalue weighted by Gasteiger charge is -1.97. The number of rotatable bonds is 1. The maximum atomic E-state index is 4.48. The summed E-state index contributed by atoms with van der Waals surface area (Å²) in [6, 6.07) is 6.26. The molecule has 2 aromatic rings. The molecule has 0 spiro atoms. The van der Waals surface area contributed by atoms with Crippen LogP contribution >= 0.6 is 58.3 Å². The molecule has 0 aliphatic rings. The van der Waals surface area contributed by atoms with Crippen LogP contribution in [0, 0.1) is 2.88 Å². The largest absolute Gasteiger partial charge is 0.143 e. The van der Waals surface area contributed by atoms with Gasteiger partial charge in [-0.05, 0) is 41.0 Å². The average Bonchev–Trinajstić information content (AvgIpc) is 2.42. The summed E-state index contributed by atoms with van der Waals surface area (Å²) in [5.41, 5.74) is 0. The number of hydrogen-bond acceptors (Lipinski definition) is 3. The monoisotopic (exact) mass is 338 g/mol. The van der Waals surface area contributed by atoms with Crippen LogP contribution < -0.4 is 0 Å². The quantitative estimate of drug-likeness (QED) is 0.453. The minimum Gasteiger partial charge on any atom is -0.143 e. The van der Waals surface area contributed by atoms with Crippen molar-refractivity contribution >= 4 is 68.4 Å². The molecule has 0 aliphatic carbocycles. The molecule has 68 valence electrons. The maximum absolute atomic E-state index is 4.48. The third kappa shape index (κ3) is 1.73. The number of thioether (sulfide) groups is 1. The summed E-state index contributed by atoms with van der Waals surface area (Å²) in [6.45, 7) is 0. The first-order valence-corrected chi connectivity index (χ1v) is 7.24. The molecule has 0 radical (unpaired) electrons. The van der Waals surface area contributed by atoms with Gasteiger partial charge in [0.25, 0.3) is 0 Å². The zero-order chi connectivity index (χ0) is 9.42. The minimum atomic E-state index is 1.08. The van der Waals surface area contributed by atoms with Crippen LogP contribution in [0.2, 0.25) is 0 Å². The molecule has 4 heteroatoms. The van der Waals surface area contributed by atoms with Crippen LogP contribution in [0.5, 0.6) is 0 Å². The molecule has 0 saturated heterocycles. The van der Waals surface area contributed by atoms with Crippen molar-refractivity contribution in [2.24, 2.45) is 0 Å². The zero-order valence-electron chi connectivity index (χ0n) is 6.87. The SMILES string of the molecule is CSc1c(I)sc2cccc(S)c12. The molecular formula is C9H7IS3. The van der Waals surface area contributed by atoms with Gasteiger partial charge in [-0.25, -0.2) is 0 Å². The van der Waals surface area contributed by atoms with Gasteiger partial charge in [0.05, 0.1) is 2.88 Å². The lowest BCUT2D eigenvalue weighted by atomic mass is 10.3. The fourth-order valence-electron chi connectivity index (χ4n) is 1.26. The molecule has 13 heavy (non-hydrogen) atoms. The predicted octanol–water partition coefficient (Wildman–Crippen LogP) is 4.52. The molecule has 1 aromatic carbocycles. The molecule has 0 unspecified atom stereocenters. The van der Waals surface area contributed by atoms with E-state index in [1.165, 1.54) is 17.9 Å². The second-order valence-corrected chi connectivity index (χ2v) is 6.72. The molecule has 0 amide bonds. The van der Waals surface area contributed by atoms with Crippen molar-refractivity contribution in [3.05, 3.63) is 21.1 Å². The normalized spacial score (nSPS) is 11.0. The van der Waals surface area contributed by atoms with E-state index in [4.69, 9.17) is 0 Å². The minimum absolute atomic E-state index is 1.08. The molecule has 1 aromatic heterocycles. The highest BCUT2D eigenvalue weighted by Gasteiger charge is 2.10. The average molecular weight is 338 g/mol. The van der Waals surface area contributed by atoms with Gasteiger partial charge in [0.2, 0.25) is 0 Å². The van der Waals surface area contributed by atoms with Crippen LogP contribution in [0.15, 0.2) is 28.0 Å². The highest BCUT2D eigenvalue weighted by atomic mass is 127. The highest BCUT2D eigenvalue weighted by Crippen LogP contribution is 2.40. The van der Waals surface area contributed by atoms with Gasteiger partial charge in [-0.15, -0.1) is 35.7 Å². The van der Waals surface area contributed by atoms with Crippen LogP contribution in [0.1, 0.15) is 0 Å². The van der Waals surface area contributed by atoms with Gasteiger partial charge >= 0.3 is 0 Å². The topological polar surface area (TPSA) is 0 Å². The Morgan fingerprint density at radius 2 is 2.23 bits per heavy atom. The summed E-state index contributed by atoms with van der Waals surface area (Å²) in [6.07, 6.45) is 2.11. The van der Waals surface area contributed by atoms with E-state index in [2.05, 4.69) is 53.6 Å². The van der Waals surface area contributed by atoms with Crippen molar-refractivity contribution in [2.75, 3.05) is 6.26 Å². The van der Waals surface area contributed by atoms with Crippen molar-refractivity contribution < 1.29 is 0 Å². The van der Waals surface area contributed by atoms with Gasteiger partial charge in [-0.1, -0.05) is 6.07 Å². The fraction of sp³-hybridized carbons (Fsp3) is 0.111. The number of thiophene rings is 1. The summed E-state index contributed by atoms with van der Waals surface area (Å²) in [5, 5.41) is 1.31. The van der Waals surface area contributed by atoms with E-state index < -0.39 is 0 Å². The Kier molecular flexibility index (Phi) is 3.12. The van der Waals surface area contributed by atoms with Gasteiger partial charge in [0, 0.05) is 19.9 Å². The molecule has 2 rings (SSSR count). The van der Waals surface area contributed by atoms with Gasteiger partial charge in [0.1, 0.15) is 0 Å². The number of fused-ring (bicyclic) bond motifs is 1. The molecule has 1 heterocycles. The highest BCUT2D eigenvalue weighted by molar-refractivity contribution is 14.1. The second kappa shape index (κ2) is 4.00. The number of halogens is 1. The van der Waals surface area contributed by atoms with Crippen molar-refractivity contribution in [3.8, 4) is 0 Å². The van der Waals surface area contributed by atoms with Gasteiger partial charge in [-0.3, -0.25) is 0 Å². The molecule has 0 fully saturated rings. The van der Waals surface area contributed by atoms with Gasteiger partial charge in [0.15, 0.2) is 0 Å². The third-order valence-electron chi connectivity index (χ3n) is 1.81. The van der Waals surface area contributed by atoms with E-state index in [9.17, 15) is 0 Å². The number of benzene rings is 1. The summed E-state index contributed by atoms with van der Waals surface area (Å²) in [4.78, 5) is 2.45. The first kappa shape index (κ1) is 10.1. The summed E-state index contributed by atoms with van der Waals surface area (Å²) < 4.78 is 2.70. The van der Waals surface area contributed by atoms with E-state index in [1.54, 1.807) is 11.8 Å². The van der Waals surface area contributed by atoms with Crippen LogP contribution in [-0.2, 0) is 0 Å². The van der Waals surface area contributed by atoms with E-state index in [-0.39, 0.29) is 0 Å². The van der Waals surface area contributed by atoms with Crippen molar-refractivity contribution in [3.63, 3.8) is 0 Å². The lowest BCUT2D eigenvalue weighted by molar-refractivity contribution is 1.49. The van der Waals surface area contributed by atoms with E-state index >= 15 is 0 Å². The maximum Gasteiger partial charge on any atom is 0.0802 e. The van der Waals surface area contributed by atoms with E-state index in [1.807, 2.05) is 17.4 Å². The molecule has 0 N–H and O–H groups in total. The Morgan fingerprint density at radius 3 is 2.92 bits per heavy atom. The fourth-order valence-corrected chi connectivity index (χ4v) is 5.24. The second-order valence-electron chi connectivity index (χ2n) is 2.56. The zero-order valence-corrected chi connectivity index (χ0v) is 11.6. The Labute approximate surface area is 105 Å². The standard InChI is InChI=1S/C9H7IS3/c1-12-8-7-5(11)3-2-4-6(7)13-9(8)10/h2-4,11H,1H3. The summed E-state index contributed by atoms with van der Waals surface area (Å²) in [7, 11) is 0. The lowest BCUT2D eigenvalue weighted by Crippen LogP contribution is -1.71. The molecule has 0 bridgehead atoms. The van der Waals surface area contributed by atoms with Gasteiger partial charge < -0.3 is 0 Å². The predicted molar refractivity (Wildman–Crippen MR) is 73.6 cm³/mol. The Balaban J connectivity index is 2.88. The molecule has 0 saturated carbocycles. The number of thiol groups is 1. The Morgan fingerprint density at radius 1 is 1.46 bits per heavy atom. The first-order valence-electron chi connectivity index (χ1n) is 3.68. The molecular weight excluding hydrogens is 331 g/mol. The molecule has 0 atom stereocenters. The molecule has 0 nitrogen and oxygen atoms in total. The van der Waals surface area contributed by atoms with Crippen molar-refractivity contribution in [1.29, 1.82) is 0 Å². The number of hydrogen-bond donors (Lipinski definition) is 1. The summed E-state index contributed by atoms with van der Waals surface area (Å²) >= 11 is 10.5. The van der Waals surface area contributed by atoms with Crippen molar-refractivity contribution in [1.82, 2.24) is 0 Å². The van der Waals surface area contributed by atoms with Gasteiger partial charge in [-0.2, -0.15) is 0 Å². The van der Waals surface area contributed by atoms with E-state index in [0.717, 1.165) is 4.90 Å². The third-order valence-corrected chi connectivity index (χ3v) is 5.64. The van der Waals surface area contributed by atoms with Crippen LogP contribution in [-0.4, -0.2) is 6.26 Å². The summed E-state index contributed by atoms with van der Waals surface area (Å²) in [5.74, 6) is 0. The molecule has 0 aliphatic heterocycles. The van der Waals surface area contributed by atoms with E-state index in [0.29, 0.717) is 0 Å².